The molecule has 1 aromatic heterocycles. The fourth-order valence-electron chi connectivity index (χ4n) is 3.13. The highest BCUT2D eigenvalue weighted by Crippen LogP contribution is 2.34. The van der Waals surface area contributed by atoms with Gasteiger partial charge in [0, 0.05) is 29.3 Å². The largest absolute Gasteiger partial charge is 0.270 e. The summed E-state index contributed by atoms with van der Waals surface area (Å²) >= 11 is 7.15. The van der Waals surface area contributed by atoms with E-state index in [1.165, 1.54) is 65.4 Å². The second-order valence-corrected chi connectivity index (χ2v) is 10.8. The van der Waals surface area contributed by atoms with Crippen LogP contribution in [-0.2, 0) is 10.0 Å². The highest BCUT2D eigenvalue weighted by Gasteiger charge is 2.21. The van der Waals surface area contributed by atoms with E-state index in [1.807, 2.05) is 30.3 Å². The number of aromatic nitrogens is 3. The Morgan fingerprint density at radius 2 is 1.86 bits per heavy atom. The molecule has 0 aliphatic carbocycles. The van der Waals surface area contributed by atoms with Gasteiger partial charge in [-0.3, -0.25) is 10.1 Å². The van der Waals surface area contributed by atoms with Crippen molar-refractivity contribution in [3.8, 4) is 0 Å². The van der Waals surface area contributed by atoms with Crippen molar-refractivity contribution < 1.29 is 13.3 Å². The Bertz CT molecular complexity index is 1480. The van der Waals surface area contributed by atoms with Gasteiger partial charge in [-0.2, -0.15) is 9.78 Å². The molecule has 36 heavy (non-hydrogen) atoms. The minimum atomic E-state index is -3.78. The molecule has 1 atom stereocenters. The molecule has 1 unspecified atom stereocenters. The van der Waals surface area contributed by atoms with Crippen LogP contribution in [0.3, 0.4) is 0 Å². The summed E-state index contributed by atoms with van der Waals surface area (Å²) < 4.78 is 29.7. The van der Waals surface area contributed by atoms with Gasteiger partial charge in [0.1, 0.15) is 6.33 Å². The molecule has 0 saturated carbocycles. The number of thioether (sulfide) groups is 1. The van der Waals surface area contributed by atoms with Crippen LogP contribution in [0.1, 0.15) is 16.4 Å². The summed E-state index contributed by atoms with van der Waals surface area (Å²) in [4.78, 5) is 10.6. The van der Waals surface area contributed by atoms with Gasteiger partial charge in [0.05, 0.1) is 21.3 Å². The average molecular weight is 543 g/mol. The van der Waals surface area contributed by atoms with Crippen LogP contribution in [0.4, 0.5) is 5.69 Å². The standard InChI is InChI=1S/C23H19ClN6O4S2/c24-19-9-11-21(12-10-19)36(33,34)27-15-22(18-6-2-1-3-7-18)35-23-28-25-16-29(23)26-14-17-5-4-8-20(13-17)30(31)32/h1-14,16,22,27H,15H2/b26-14+. The van der Waals surface area contributed by atoms with Crippen molar-refractivity contribution in [2.45, 2.75) is 15.3 Å². The van der Waals surface area contributed by atoms with Crippen LogP contribution in [0.15, 0.2) is 100 Å². The predicted molar refractivity (Wildman–Crippen MR) is 138 cm³/mol. The van der Waals surface area contributed by atoms with E-state index in [9.17, 15) is 18.5 Å². The molecule has 184 valence electrons. The Balaban J connectivity index is 1.54. The molecule has 0 spiro atoms. The number of non-ortho nitro benzene ring substituents is 1. The average Bonchev–Trinajstić information content (AvgIpc) is 3.33. The van der Waals surface area contributed by atoms with Gasteiger partial charge < -0.3 is 0 Å². The quantitative estimate of drug-likeness (QED) is 0.135. The van der Waals surface area contributed by atoms with E-state index < -0.39 is 14.9 Å². The highest BCUT2D eigenvalue weighted by atomic mass is 35.5. The zero-order valence-corrected chi connectivity index (χ0v) is 20.9. The first-order chi connectivity index (χ1) is 17.3. The molecular formula is C23H19ClN6O4S2. The number of sulfonamides is 1. The van der Waals surface area contributed by atoms with E-state index in [0.717, 1.165) is 5.56 Å². The summed E-state index contributed by atoms with van der Waals surface area (Å²) in [6.45, 7) is 0.0705. The molecule has 4 rings (SSSR count). The molecule has 3 aromatic carbocycles. The Labute approximate surface area is 216 Å². The van der Waals surface area contributed by atoms with Crippen LogP contribution >= 0.6 is 23.4 Å². The van der Waals surface area contributed by atoms with Crippen LogP contribution in [0.5, 0.6) is 0 Å². The molecule has 0 saturated heterocycles. The molecule has 10 nitrogen and oxygen atoms in total. The van der Waals surface area contributed by atoms with Gasteiger partial charge >= 0.3 is 0 Å². The minimum absolute atomic E-state index is 0.0468. The van der Waals surface area contributed by atoms with E-state index in [0.29, 0.717) is 15.7 Å². The van der Waals surface area contributed by atoms with E-state index in [-0.39, 0.29) is 22.4 Å². The fourth-order valence-corrected chi connectivity index (χ4v) is 5.42. The summed E-state index contributed by atoms with van der Waals surface area (Å²) in [5, 5.41) is 23.9. The van der Waals surface area contributed by atoms with Crippen LogP contribution < -0.4 is 4.72 Å². The van der Waals surface area contributed by atoms with Gasteiger partial charge in [0.25, 0.3) is 5.69 Å². The van der Waals surface area contributed by atoms with Crippen molar-refractivity contribution in [3.63, 3.8) is 0 Å². The smallest absolute Gasteiger partial charge is 0.258 e. The Morgan fingerprint density at radius 1 is 1.11 bits per heavy atom. The lowest BCUT2D eigenvalue weighted by Gasteiger charge is -2.17. The summed E-state index contributed by atoms with van der Waals surface area (Å²) in [5.74, 6) is 0. The summed E-state index contributed by atoms with van der Waals surface area (Å²) in [7, 11) is -3.78. The topological polar surface area (TPSA) is 132 Å². The summed E-state index contributed by atoms with van der Waals surface area (Å²) in [5.41, 5.74) is 1.36. The van der Waals surface area contributed by atoms with Crippen LogP contribution in [0.2, 0.25) is 5.02 Å². The van der Waals surface area contributed by atoms with Crippen molar-refractivity contribution in [3.05, 3.63) is 111 Å². The fraction of sp³-hybridized carbons (Fsp3) is 0.0870. The van der Waals surface area contributed by atoms with Crippen molar-refractivity contribution in [1.82, 2.24) is 19.6 Å². The molecule has 0 fully saturated rings. The normalized spacial score (nSPS) is 12.6. The van der Waals surface area contributed by atoms with Crippen molar-refractivity contribution >= 4 is 45.3 Å². The molecule has 13 heteroatoms. The third-order valence-electron chi connectivity index (χ3n) is 4.91. The molecule has 0 radical (unpaired) electrons. The van der Waals surface area contributed by atoms with Gasteiger partial charge in [-0.25, -0.2) is 13.1 Å². The first kappa shape index (κ1) is 25.5. The predicted octanol–water partition coefficient (Wildman–Crippen LogP) is 4.53. The number of halogens is 1. The van der Waals surface area contributed by atoms with Gasteiger partial charge in [-0.1, -0.05) is 65.8 Å². The number of benzene rings is 3. The van der Waals surface area contributed by atoms with Crippen molar-refractivity contribution in [2.75, 3.05) is 6.54 Å². The number of nitro benzene ring substituents is 1. The number of nitrogens with one attached hydrogen (secondary N) is 1. The lowest BCUT2D eigenvalue weighted by atomic mass is 10.1. The van der Waals surface area contributed by atoms with Crippen molar-refractivity contribution in [1.29, 1.82) is 0 Å². The number of hydrogen-bond donors (Lipinski definition) is 1. The molecule has 4 aromatic rings. The monoisotopic (exact) mass is 542 g/mol. The number of nitro groups is 1. The number of rotatable bonds is 10. The number of nitrogens with zero attached hydrogens (tertiary/aromatic N) is 5. The summed E-state index contributed by atoms with van der Waals surface area (Å²) in [6, 6.07) is 21.3. The van der Waals surface area contributed by atoms with Gasteiger partial charge in [0.2, 0.25) is 15.2 Å². The summed E-state index contributed by atoms with van der Waals surface area (Å²) in [6.07, 6.45) is 2.86. The molecule has 0 amide bonds. The Morgan fingerprint density at radius 3 is 2.58 bits per heavy atom. The minimum Gasteiger partial charge on any atom is -0.258 e. The van der Waals surface area contributed by atoms with E-state index in [1.54, 1.807) is 12.1 Å². The van der Waals surface area contributed by atoms with Crippen LogP contribution in [0, 0.1) is 10.1 Å². The van der Waals surface area contributed by atoms with Gasteiger partial charge in [-0.15, -0.1) is 10.2 Å². The second-order valence-electron chi connectivity index (χ2n) is 7.38. The van der Waals surface area contributed by atoms with E-state index in [2.05, 4.69) is 20.0 Å². The van der Waals surface area contributed by atoms with Gasteiger partial charge in [-0.05, 0) is 29.8 Å². The lowest BCUT2D eigenvalue weighted by molar-refractivity contribution is -0.384. The highest BCUT2D eigenvalue weighted by molar-refractivity contribution is 7.99. The maximum atomic E-state index is 12.8. The molecule has 0 bridgehead atoms. The van der Waals surface area contributed by atoms with Crippen LogP contribution in [0.25, 0.3) is 0 Å². The maximum absolute atomic E-state index is 12.8. The second kappa shape index (κ2) is 11.4. The number of hydrogen-bond acceptors (Lipinski definition) is 8. The Hall–Kier alpha value is -3.58. The van der Waals surface area contributed by atoms with E-state index in [4.69, 9.17) is 11.6 Å². The first-order valence-corrected chi connectivity index (χ1v) is 13.2. The van der Waals surface area contributed by atoms with Crippen LogP contribution in [-0.4, -0.2) is 41.0 Å². The first-order valence-electron chi connectivity index (χ1n) is 10.5. The SMILES string of the molecule is O=[N+]([O-])c1cccc(/C=N/n2cnnc2SC(CNS(=O)(=O)c2ccc(Cl)cc2)c2ccccc2)c1. The molecule has 0 aliphatic heterocycles. The third kappa shape index (κ3) is 6.55. The molecular weight excluding hydrogens is 524 g/mol. The van der Waals surface area contributed by atoms with Gasteiger partial charge in [0.15, 0.2) is 0 Å². The molecule has 1 heterocycles. The van der Waals surface area contributed by atoms with Crippen molar-refractivity contribution in [2.24, 2.45) is 5.10 Å². The third-order valence-corrected chi connectivity index (χ3v) is 7.81. The zero-order valence-electron chi connectivity index (χ0n) is 18.5. The lowest BCUT2D eigenvalue weighted by Crippen LogP contribution is -2.27. The Kier molecular flexibility index (Phi) is 8.10. The maximum Gasteiger partial charge on any atom is 0.270 e. The van der Waals surface area contributed by atoms with E-state index >= 15 is 0 Å². The zero-order chi connectivity index (χ0) is 25.5. The molecule has 0 aliphatic rings. The molecule has 1 N–H and O–H groups in total.